The summed E-state index contributed by atoms with van der Waals surface area (Å²) in [5.74, 6) is 1.47. The third-order valence-electron chi connectivity index (χ3n) is 3.69. The standard InChI is InChI=1S/C18H17N5S2/c1-23(2)22-18-16(14-8-5-11-25-14)20-15(13-7-4-10-24-13)12-6-3-9-19-17(12)21-18/h3-11,16H,1-2H3,(H,19,21,22). The van der Waals surface area contributed by atoms with Crippen molar-refractivity contribution >= 4 is 40.0 Å². The van der Waals surface area contributed by atoms with Crippen LogP contribution in [0.1, 0.15) is 21.4 Å². The maximum Gasteiger partial charge on any atom is 0.163 e. The van der Waals surface area contributed by atoms with Gasteiger partial charge in [0, 0.05) is 30.7 Å². The summed E-state index contributed by atoms with van der Waals surface area (Å²) < 4.78 is 0. The van der Waals surface area contributed by atoms with Crippen LogP contribution in [0.2, 0.25) is 0 Å². The highest BCUT2D eigenvalue weighted by molar-refractivity contribution is 7.12. The van der Waals surface area contributed by atoms with Crippen molar-refractivity contribution in [2.75, 3.05) is 14.1 Å². The van der Waals surface area contributed by atoms with Gasteiger partial charge in [-0.2, -0.15) is 0 Å². The van der Waals surface area contributed by atoms with Gasteiger partial charge in [0.1, 0.15) is 11.9 Å². The van der Waals surface area contributed by atoms with Gasteiger partial charge in [-0.1, -0.05) is 12.1 Å². The molecule has 0 fully saturated rings. The molecule has 0 radical (unpaired) electrons. The summed E-state index contributed by atoms with van der Waals surface area (Å²) in [5, 5.41) is 6.02. The molecule has 0 bridgehead atoms. The van der Waals surface area contributed by atoms with Crippen molar-refractivity contribution < 1.29 is 0 Å². The van der Waals surface area contributed by atoms with Crippen molar-refractivity contribution in [1.82, 2.24) is 15.4 Å². The van der Waals surface area contributed by atoms with E-state index in [9.17, 15) is 0 Å². The summed E-state index contributed by atoms with van der Waals surface area (Å²) in [7, 11) is 3.89. The molecule has 25 heavy (non-hydrogen) atoms. The largest absolute Gasteiger partial charge is 0.305 e. The number of fused-ring (bicyclic) bond motifs is 1. The first-order valence-corrected chi connectivity index (χ1v) is 9.61. The average molecular weight is 368 g/mol. The molecule has 0 spiro atoms. The molecule has 5 nitrogen and oxygen atoms in total. The summed E-state index contributed by atoms with van der Waals surface area (Å²) in [6, 6.07) is 12.1. The van der Waals surface area contributed by atoms with Gasteiger partial charge in [-0.3, -0.25) is 4.99 Å². The molecule has 4 heterocycles. The van der Waals surface area contributed by atoms with Gasteiger partial charge in [0.05, 0.1) is 10.6 Å². The lowest BCUT2D eigenvalue weighted by Gasteiger charge is -2.19. The van der Waals surface area contributed by atoms with E-state index in [1.807, 2.05) is 43.4 Å². The number of amidine groups is 1. The number of hydrogen-bond acceptors (Lipinski definition) is 7. The molecule has 4 rings (SSSR count). The summed E-state index contributed by atoms with van der Waals surface area (Å²) >= 11 is 3.36. The Kier molecular flexibility index (Phi) is 4.44. The number of nitrogens with zero attached hydrogens (tertiary/aromatic N) is 4. The van der Waals surface area contributed by atoms with Crippen LogP contribution in [0.3, 0.4) is 0 Å². The fourth-order valence-electron chi connectivity index (χ4n) is 2.68. The molecule has 7 heteroatoms. The number of hydrazine groups is 1. The van der Waals surface area contributed by atoms with Crippen molar-refractivity contribution in [1.29, 1.82) is 0 Å². The highest BCUT2D eigenvalue weighted by Gasteiger charge is 2.26. The number of nitrogens with one attached hydrogen (secondary N) is 1. The molecule has 1 unspecified atom stereocenters. The normalized spacial score (nSPS) is 16.8. The van der Waals surface area contributed by atoms with Gasteiger partial charge in [-0.25, -0.2) is 15.0 Å². The van der Waals surface area contributed by atoms with Gasteiger partial charge in [-0.15, -0.1) is 22.7 Å². The van der Waals surface area contributed by atoms with Gasteiger partial charge < -0.3 is 5.43 Å². The Balaban J connectivity index is 1.93. The zero-order valence-corrected chi connectivity index (χ0v) is 15.5. The summed E-state index contributed by atoms with van der Waals surface area (Å²) in [6.07, 6.45) is 1.77. The summed E-state index contributed by atoms with van der Waals surface area (Å²) in [5.41, 5.74) is 5.21. The van der Waals surface area contributed by atoms with Crippen molar-refractivity contribution in [3.05, 3.63) is 68.7 Å². The maximum atomic E-state index is 5.11. The number of thiophene rings is 2. The van der Waals surface area contributed by atoms with Crippen LogP contribution in [0, 0.1) is 0 Å². The number of hydrogen-bond donors (Lipinski definition) is 1. The van der Waals surface area contributed by atoms with Crippen LogP contribution in [-0.2, 0) is 0 Å². The molecule has 1 aliphatic rings. The molecule has 1 N–H and O–H groups in total. The van der Waals surface area contributed by atoms with E-state index in [-0.39, 0.29) is 6.04 Å². The molecule has 0 saturated carbocycles. The second-order valence-corrected chi connectivity index (χ2v) is 7.68. The topological polar surface area (TPSA) is 52.9 Å². The fourth-order valence-corrected chi connectivity index (χ4v) is 4.18. The predicted molar refractivity (Wildman–Crippen MR) is 105 cm³/mol. The van der Waals surface area contributed by atoms with Gasteiger partial charge in [0.25, 0.3) is 0 Å². The Hall–Kier alpha value is -2.35. The van der Waals surface area contributed by atoms with Crippen molar-refractivity contribution in [2.45, 2.75) is 6.04 Å². The number of rotatable bonds is 3. The van der Waals surface area contributed by atoms with Crippen LogP contribution in [0.25, 0.3) is 0 Å². The molecule has 1 aliphatic heterocycles. The van der Waals surface area contributed by atoms with E-state index in [1.165, 1.54) is 0 Å². The number of pyridine rings is 1. The number of aromatic nitrogens is 1. The Morgan fingerprint density at radius 3 is 2.60 bits per heavy atom. The smallest absolute Gasteiger partial charge is 0.163 e. The van der Waals surface area contributed by atoms with Crippen LogP contribution in [-0.4, -0.2) is 35.6 Å². The van der Waals surface area contributed by atoms with E-state index in [1.54, 1.807) is 28.9 Å². The minimum absolute atomic E-state index is 0.186. The predicted octanol–water partition coefficient (Wildman–Crippen LogP) is 3.89. The van der Waals surface area contributed by atoms with Crippen LogP contribution in [0.4, 0.5) is 5.82 Å². The van der Waals surface area contributed by atoms with E-state index in [2.05, 4.69) is 33.3 Å². The first-order valence-electron chi connectivity index (χ1n) is 7.85. The molecule has 126 valence electrons. The minimum atomic E-state index is -0.186. The molecule has 3 aromatic rings. The SMILES string of the molecule is CN(C)NC1=Nc2ncccc2C(c2cccs2)=NC1c1cccs1. The zero-order valence-electron chi connectivity index (χ0n) is 13.9. The summed E-state index contributed by atoms with van der Waals surface area (Å²) in [4.78, 5) is 16.7. The molecule has 0 amide bonds. The highest BCUT2D eigenvalue weighted by Crippen LogP contribution is 2.32. The van der Waals surface area contributed by atoms with Crippen molar-refractivity contribution in [2.24, 2.45) is 9.98 Å². The quantitative estimate of drug-likeness (QED) is 0.715. The van der Waals surface area contributed by atoms with Crippen LogP contribution >= 0.6 is 22.7 Å². The Morgan fingerprint density at radius 2 is 1.88 bits per heavy atom. The lowest BCUT2D eigenvalue weighted by molar-refractivity contribution is 0.357. The molecular formula is C18H17N5S2. The summed E-state index contributed by atoms with van der Waals surface area (Å²) in [6.45, 7) is 0. The fraction of sp³-hybridized carbons (Fsp3) is 0.167. The second kappa shape index (κ2) is 6.87. The van der Waals surface area contributed by atoms with Gasteiger partial charge in [0.2, 0.25) is 0 Å². The minimum Gasteiger partial charge on any atom is -0.305 e. The molecular weight excluding hydrogens is 350 g/mol. The lowest BCUT2D eigenvalue weighted by atomic mass is 10.1. The maximum absolute atomic E-state index is 5.11. The first-order chi connectivity index (χ1) is 12.2. The van der Waals surface area contributed by atoms with Crippen LogP contribution < -0.4 is 5.43 Å². The molecule has 0 aromatic carbocycles. The van der Waals surface area contributed by atoms with Crippen LogP contribution in [0.15, 0.2) is 63.3 Å². The Morgan fingerprint density at radius 1 is 1.04 bits per heavy atom. The molecule has 1 atom stereocenters. The lowest BCUT2D eigenvalue weighted by Crippen LogP contribution is -2.39. The second-order valence-electron chi connectivity index (χ2n) is 5.75. The highest BCUT2D eigenvalue weighted by atomic mass is 32.1. The Labute approximate surface area is 154 Å². The van der Waals surface area contributed by atoms with Gasteiger partial charge in [-0.05, 0) is 35.0 Å². The third-order valence-corrected chi connectivity index (χ3v) is 5.49. The molecule has 0 saturated heterocycles. The van der Waals surface area contributed by atoms with E-state index in [0.717, 1.165) is 26.9 Å². The number of aliphatic imine (C=N–C) groups is 2. The van der Waals surface area contributed by atoms with E-state index in [0.29, 0.717) is 5.82 Å². The van der Waals surface area contributed by atoms with Gasteiger partial charge in [0.15, 0.2) is 5.82 Å². The first kappa shape index (κ1) is 16.1. The zero-order chi connectivity index (χ0) is 17.2. The molecule has 3 aromatic heterocycles. The van der Waals surface area contributed by atoms with E-state index in [4.69, 9.17) is 9.98 Å². The average Bonchev–Trinajstić information content (AvgIpc) is 3.27. The van der Waals surface area contributed by atoms with Crippen molar-refractivity contribution in [3.63, 3.8) is 0 Å². The third kappa shape index (κ3) is 3.26. The van der Waals surface area contributed by atoms with E-state index >= 15 is 0 Å². The Bertz CT molecular complexity index is 911. The van der Waals surface area contributed by atoms with Gasteiger partial charge >= 0.3 is 0 Å². The van der Waals surface area contributed by atoms with Crippen LogP contribution in [0.5, 0.6) is 0 Å². The van der Waals surface area contributed by atoms with E-state index < -0.39 is 0 Å². The van der Waals surface area contributed by atoms with Crippen molar-refractivity contribution in [3.8, 4) is 0 Å². The molecule has 0 aliphatic carbocycles. The monoisotopic (exact) mass is 367 g/mol.